The Morgan fingerprint density at radius 3 is 2.44 bits per heavy atom. The molecular formula is C25H15N7O7S2-2. The Labute approximate surface area is 234 Å². The van der Waals surface area contributed by atoms with E-state index in [0.717, 1.165) is 18.1 Å². The largest absolute Gasteiger partial charge is 0.763 e. The molecule has 2 aromatic heterocycles. The highest BCUT2D eigenvalue weighted by atomic mass is 32.2. The second kappa shape index (κ2) is 11.4. The summed E-state index contributed by atoms with van der Waals surface area (Å²) in [5, 5.41) is 37.4. The van der Waals surface area contributed by atoms with Crippen molar-refractivity contribution in [2.75, 3.05) is 0 Å². The van der Waals surface area contributed by atoms with E-state index in [2.05, 4.69) is 34.8 Å². The Bertz CT molecular complexity index is 2110. The third-order valence-electron chi connectivity index (χ3n) is 5.78. The molecule has 5 rings (SSSR count). The minimum Gasteiger partial charge on any atom is -0.763 e. The molecule has 0 amide bonds. The lowest BCUT2D eigenvalue weighted by atomic mass is 10.2. The lowest BCUT2D eigenvalue weighted by Gasteiger charge is -2.10. The SMILES string of the molecule is Cc1c(N=Nc2ccc(N=Nc3ccc(SOOO)cc3)cc2S(=O)(=O)[O-])c(=O)n2c(nc3ccccc32)c1=C=[N-]. The van der Waals surface area contributed by atoms with Crippen LogP contribution >= 0.6 is 12.0 Å². The van der Waals surface area contributed by atoms with Gasteiger partial charge >= 0.3 is 0 Å². The van der Waals surface area contributed by atoms with Gasteiger partial charge in [-0.2, -0.15) is 10.2 Å². The molecule has 2 heterocycles. The van der Waals surface area contributed by atoms with E-state index in [4.69, 9.17) is 5.26 Å². The molecule has 0 saturated heterocycles. The molecule has 206 valence electrons. The molecule has 0 bridgehead atoms. The molecular weight excluding hydrogens is 574 g/mol. The van der Waals surface area contributed by atoms with E-state index in [1.54, 1.807) is 48.5 Å². The maximum atomic E-state index is 13.4. The standard InChI is InChI=1S/C25H16N7O7S2/c1-14-18(13-26)24-27-19-4-2-3-5-21(19)32(24)25(33)23(14)31-30-20-11-8-16(12-22(20)41(35,36)37)29-28-15-6-9-17(10-7-15)40-39-38-34/h2-12,34H,1H3,(H,35,36,37)/q-1/p-1. The molecule has 0 radical (unpaired) electrons. The Morgan fingerprint density at radius 1 is 1.02 bits per heavy atom. The minimum atomic E-state index is -5.05. The zero-order chi connectivity index (χ0) is 29.1. The van der Waals surface area contributed by atoms with Gasteiger partial charge in [-0.15, -0.1) is 14.6 Å². The number of nitrogens with zero attached hydrogens (tertiary/aromatic N) is 7. The summed E-state index contributed by atoms with van der Waals surface area (Å²) in [5.41, 5.74) is 0.571. The second-order valence-corrected chi connectivity index (χ2v) is 10.4. The highest BCUT2D eigenvalue weighted by molar-refractivity contribution is 7.94. The summed E-state index contributed by atoms with van der Waals surface area (Å²) in [4.78, 5) is 17.6. The van der Waals surface area contributed by atoms with Crippen molar-refractivity contribution in [3.05, 3.63) is 93.3 Å². The molecule has 0 atom stereocenters. The van der Waals surface area contributed by atoms with Gasteiger partial charge in [0.1, 0.15) is 15.8 Å². The Morgan fingerprint density at radius 2 is 1.73 bits per heavy atom. The van der Waals surface area contributed by atoms with Gasteiger partial charge in [-0.05, 0) is 67.1 Å². The van der Waals surface area contributed by atoms with E-state index in [1.165, 1.54) is 23.5 Å². The molecule has 3 aromatic carbocycles. The van der Waals surface area contributed by atoms with Gasteiger partial charge in [0.15, 0.2) is 11.3 Å². The van der Waals surface area contributed by atoms with Crippen LogP contribution < -0.4 is 10.8 Å². The summed E-state index contributed by atoms with van der Waals surface area (Å²) in [6.45, 7) is 1.50. The first-order valence-corrected chi connectivity index (χ1v) is 13.6. The first kappa shape index (κ1) is 27.9. The third-order valence-corrected chi connectivity index (χ3v) is 7.24. The van der Waals surface area contributed by atoms with E-state index in [0.29, 0.717) is 21.6 Å². The Hall–Kier alpha value is -4.67. The van der Waals surface area contributed by atoms with Gasteiger partial charge < -0.3 is 9.96 Å². The highest BCUT2D eigenvalue weighted by Crippen LogP contribution is 2.31. The molecule has 0 fully saturated rings. The zero-order valence-corrected chi connectivity index (χ0v) is 22.3. The van der Waals surface area contributed by atoms with Gasteiger partial charge in [-0.25, -0.2) is 18.7 Å². The average molecular weight is 590 g/mol. The lowest BCUT2D eigenvalue weighted by molar-refractivity contribution is -0.432. The summed E-state index contributed by atoms with van der Waals surface area (Å²) >= 11 is 0.753. The molecule has 41 heavy (non-hydrogen) atoms. The van der Waals surface area contributed by atoms with Crippen molar-refractivity contribution in [1.29, 1.82) is 0 Å². The normalized spacial score (nSPS) is 12.2. The molecule has 0 aliphatic heterocycles. The maximum absolute atomic E-state index is 13.4. The van der Waals surface area contributed by atoms with Gasteiger partial charge in [0.25, 0.3) is 5.56 Å². The molecule has 16 heteroatoms. The fourth-order valence-electron chi connectivity index (χ4n) is 3.89. The summed E-state index contributed by atoms with van der Waals surface area (Å²) in [6.07, 6.45) is 0. The van der Waals surface area contributed by atoms with Gasteiger partial charge in [0, 0.05) is 10.1 Å². The molecule has 0 spiro atoms. The smallest absolute Gasteiger partial charge is 0.284 e. The van der Waals surface area contributed by atoms with Gasteiger partial charge in [-0.3, -0.25) is 15.1 Å². The molecule has 0 aliphatic rings. The number of para-hydroxylation sites is 2. The monoisotopic (exact) mass is 589 g/mol. The van der Waals surface area contributed by atoms with E-state index >= 15 is 0 Å². The Kier molecular flexibility index (Phi) is 7.78. The summed E-state index contributed by atoms with van der Waals surface area (Å²) in [6, 6.07) is 16.7. The summed E-state index contributed by atoms with van der Waals surface area (Å²) in [7, 11) is -5.05. The third kappa shape index (κ3) is 5.65. The van der Waals surface area contributed by atoms with E-state index in [-0.39, 0.29) is 33.5 Å². The van der Waals surface area contributed by atoms with Crippen molar-refractivity contribution < 1.29 is 27.6 Å². The van der Waals surface area contributed by atoms with Crippen molar-refractivity contribution >= 4 is 67.5 Å². The molecule has 1 N–H and O–H groups in total. The quantitative estimate of drug-likeness (QED) is 0.0648. The van der Waals surface area contributed by atoms with E-state index in [1.807, 2.05) is 5.87 Å². The fourth-order valence-corrected chi connectivity index (χ4v) is 4.88. The number of benzene rings is 3. The number of azo groups is 2. The van der Waals surface area contributed by atoms with Crippen molar-refractivity contribution in [3.63, 3.8) is 0 Å². The molecule has 0 saturated carbocycles. The second-order valence-electron chi connectivity index (χ2n) is 8.25. The molecule has 0 aliphatic carbocycles. The van der Waals surface area contributed by atoms with Crippen molar-refractivity contribution in [2.24, 2.45) is 20.5 Å². The van der Waals surface area contributed by atoms with Crippen LogP contribution in [0.15, 0.2) is 102 Å². The number of imidazole rings is 1. The number of rotatable bonds is 8. The van der Waals surface area contributed by atoms with Crippen LogP contribution in [0.3, 0.4) is 0 Å². The van der Waals surface area contributed by atoms with Crippen LogP contribution in [0.25, 0.3) is 22.1 Å². The number of hydrogen-bond donors (Lipinski definition) is 1. The first-order chi connectivity index (χ1) is 19.7. The van der Waals surface area contributed by atoms with Crippen LogP contribution in [-0.4, -0.2) is 33.5 Å². The number of pyridine rings is 1. The van der Waals surface area contributed by atoms with Gasteiger partial charge in [0.2, 0.25) is 0 Å². The lowest BCUT2D eigenvalue weighted by Crippen LogP contribution is -2.23. The van der Waals surface area contributed by atoms with Crippen LogP contribution in [0.2, 0.25) is 0 Å². The van der Waals surface area contributed by atoms with Crippen molar-refractivity contribution in [2.45, 2.75) is 16.7 Å². The van der Waals surface area contributed by atoms with Crippen LogP contribution in [0, 0.1) is 6.92 Å². The van der Waals surface area contributed by atoms with Crippen LogP contribution in [0.5, 0.6) is 0 Å². The molecule has 5 aromatic rings. The predicted octanol–water partition coefficient (Wildman–Crippen LogP) is 4.95. The van der Waals surface area contributed by atoms with Gasteiger partial charge in [-0.1, -0.05) is 17.2 Å². The van der Waals surface area contributed by atoms with Crippen molar-refractivity contribution in [1.82, 2.24) is 9.38 Å². The maximum Gasteiger partial charge on any atom is 0.284 e. The number of hydrogen-bond acceptors (Lipinski definition) is 13. The predicted molar refractivity (Wildman–Crippen MR) is 146 cm³/mol. The van der Waals surface area contributed by atoms with Crippen molar-refractivity contribution in [3.8, 4) is 0 Å². The number of fused-ring (bicyclic) bond motifs is 3. The molecule has 14 nitrogen and oxygen atoms in total. The first-order valence-electron chi connectivity index (χ1n) is 11.4. The van der Waals surface area contributed by atoms with E-state index < -0.39 is 20.6 Å². The van der Waals surface area contributed by atoms with Crippen LogP contribution in [0.4, 0.5) is 22.7 Å². The molecule has 0 unspecified atom stereocenters. The van der Waals surface area contributed by atoms with Crippen LogP contribution in [-0.2, 0) is 19.5 Å². The van der Waals surface area contributed by atoms with Gasteiger partial charge in [0.05, 0.1) is 39.3 Å². The van der Waals surface area contributed by atoms with E-state index in [9.17, 15) is 23.2 Å². The summed E-state index contributed by atoms with van der Waals surface area (Å²) in [5.74, 6) is 2.03. The topological polar surface area (TPSA) is 202 Å². The van der Waals surface area contributed by atoms with Crippen LogP contribution in [0.1, 0.15) is 5.56 Å². The minimum absolute atomic E-state index is 0.0348. The zero-order valence-electron chi connectivity index (χ0n) is 20.7. The fraction of sp³-hybridized carbons (Fsp3) is 0.0400. The highest BCUT2D eigenvalue weighted by Gasteiger charge is 2.16. The number of aromatic nitrogens is 2. The summed E-state index contributed by atoms with van der Waals surface area (Å²) < 4.78 is 41.7. The Balaban J connectivity index is 1.53. The average Bonchev–Trinajstić information content (AvgIpc) is 3.35.